The first-order chi connectivity index (χ1) is 12.1. The van der Waals surface area contributed by atoms with Crippen LogP contribution in [-0.2, 0) is 13.0 Å². The van der Waals surface area contributed by atoms with Crippen molar-refractivity contribution in [3.05, 3.63) is 41.7 Å². The number of hydrogen-bond donors (Lipinski definition) is 1. The molecule has 132 valence electrons. The van der Waals surface area contributed by atoms with E-state index in [0.717, 1.165) is 30.6 Å². The number of hydrogen-bond acceptors (Lipinski definition) is 5. The second-order valence-corrected chi connectivity index (χ2v) is 6.46. The summed E-state index contributed by atoms with van der Waals surface area (Å²) < 4.78 is 8.06. The Morgan fingerprint density at radius 3 is 2.60 bits per heavy atom. The highest BCUT2D eigenvalue weighted by molar-refractivity contribution is 5.88. The number of nitrogen functional groups attached to an aromatic ring is 1. The average Bonchev–Trinajstić information content (AvgIpc) is 2.96. The van der Waals surface area contributed by atoms with Gasteiger partial charge in [-0.25, -0.2) is 4.98 Å². The van der Waals surface area contributed by atoms with E-state index in [-0.39, 0.29) is 6.10 Å². The fraction of sp³-hybridized carbons (Fsp3) is 0.421. The maximum atomic E-state index is 6.06. The van der Waals surface area contributed by atoms with Crippen molar-refractivity contribution in [2.45, 2.75) is 52.7 Å². The first-order valence-corrected chi connectivity index (χ1v) is 8.82. The van der Waals surface area contributed by atoms with Crippen LogP contribution >= 0.6 is 0 Å². The summed E-state index contributed by atoms with van der Waals surface area (Å²) in [6.07, 6.45) is 3.06. The van der Waals surface area contributed by atoms with E-state index in [1.54, 1.807) is 0 Å². The molecule has 2 heterocycles. The number of anilines is 1. The Bertz CT molecular complexity index is 842. The Kier molecular flexibility index (Phi) is 5.16. The summed E-state index contributed by atoms with van der Waals surface area (Å²) in [5.41, 5.74) is 8.76. The molecular weight excluding hydrogens is 314 g/mol. The Balaban J connectivity index is 2.16. The van der Waals surface area contributed by atoms with Crippen LogP contribution in [0.15, 0.2) is 30.3 Å². The molecule has 0 unspecified atom stereocenters. The number of aryl methyl sites for hydroxylation is 1. The van der Waals surface area contributed by atoms with Crippen LogP contribution in [0.4, 0.5) is 5.82 Å². The Morgan fingerprint density at radius 1 is 1.16 bits per heavy atom. The summed E-state index contributed by atoms with van der Waals surface area (Å²) in [7, 11) is 0. The number of aromatic nitrogens is 4. The molecule has 0 saturated carbocycles. The molecule has 2 aromatic heterocycles. The number of nitrogens with zero attached hydrogens (tertiary/aromatic N) is 4. The summed E-state index contributed by atoms with van der Waals surface area (Å²) in [5.74, 6) is 1.83. The van der Waals surface area contributed by atoms with Crippen molar-refractivity contribution in [3.8, 4) is 5.88 Å². The van der Waals surface area contributed by atoms with Crippen molar-refractivity contribution in [1.82, 2.24) is 19.7 Å². The number of ether oxygens (including phenoxy) is 1. The third-order valence-corrected chi connectivity index (χ3v) is 4.03. The number of rotatable bonds is 7. The molecule has 0 aliphatic rings. The molecule has 6 heteroatoms. The Labute approximate surface area is 148 Å². The van der Waals surface area contributed by atoms with Crippen molar-refractivity contribution < 1.29 is 4.74 Å². The van der Waals surface area contributed by atoms with Crippen molar-refractivity contribution in [2.24, 2.45) is 0 Å². The molecule has 0 spiro atoms. The van der Waals surface area contributed by atoms with E-state index in [1.807, 2.05) is 32.0 Å². The quantitative estimate of drug-likeness (QED) is 0.711. The minimum Gasteiger partial charge on any atom is -0.472 e. The van der Waals surface area contributed by atoms with Gasteiger partial charge in [-0.1, -0.05) is 43.7 Å². The molecule has 3 aromatic rings. The molecule has 2 N–H and O–H groups in total. The van der Waals surface area contributed by atoms with Crippen molar-refractivity contribution in [3.63, 3.8) is 0 Å². The standard InChI is InChI=1S/C19H25N5O/c1-4-5-11-15-21-16-17(19(25-13(2)3)23-22-18(16)20)24(15)12-14-9-7-6-8-10-14/h6-10,13H,4-5,11-12H2,1-3H3,(H2,20,22). The van der Waals surface area contributed by atoms with Gasteiger partial charge in [0.2, 0.25) is 0 Å². The van der Waals surface area contributed by atoms with E-state index >= 15 is 0 Å². The number of benzene rings is 1. The third kappa shape index (κ3) is 3.73. The highest BCUT2D eigenvalue weighted by Crippen LogP contribution is 2.29. The van der Waals surface area contributed by atoms with Gasteiger partial charge in [0.25, 0.3) is 5.88 Å². The minimum atomic E-state index is 0.000270. The first kappa shape index (κ1) is 17.2. The van der Waals surface area contributed by atoms with Crippen molar-refractivity contribution in [1.29, 1.82) is 0 Å². The lowest BCUT2D eigenvalue weighted by Crippen LogP contribution is -2.11. The summed E-state index contributed by atoms with van der Waals surface area (Å²) >= 11 is 0. The van der Waals surface area contributed by atoms with Crippen LogP contribution in [0.3, 0.4) is 0 Å². The van der Waals surface area contributed by atoms with Crippen LogP contribution in [0.25, 0.3) is 11.0 Å². The van der Waals surface area contributed by atoms with Crippen LogP contribution in [0.1, 0.15) is 45.0 Å². The van der Waals surface area contributed by atoms with E-state index in [4.69, 9.17) is 15.5 Å². The molecule has 1 aromatic carbocycles. The predicted molar refractivity (Wildman–Crippen MR) is 99.7 cm³/mol. The number of unbranched alkanes of at least 4 members (excludes halogenated alkanes) is 1. The maximum absolute atomic E-state index is 6.06. The minimum absolute atomic E-state index is 0.000270. The number of imidazole rings is 1. The fourth-order valence-electron chi connectivity index (χ4n) is 2.85. The number of fused-ring (bicyclic) bond motifs is 1. The first-order valence-electron chi connectivity index (χ1n) is 8.82. The van der Waals surface area contributed by atoms with Gasteiger partial charge < -0.3 is 15.0 Å². The molecule has 0 atom stereocenters. The topological polar surface area (TPSA) is 78.8 Å². The lowest BCUT2D eigenvalue weighted by Gasteiger charge is -2.13. The smallest absolute Gasteiger partial charge is 0.260 e. The van der Waals surface area contributed by atoms with Gasteiger partial charge in [-0.15, -0.1) is 10.2 Å². The van der Waals surface area contributed by atoms with E-state index in [0.29, 0.717) is 23.8 Å². The molecule has 6 nitrogen and oxygen atoms in total. The second kappa shape index (κ2) is 7.51. The van der Waals surface area contributed by atoms with Crippen molar-refractivity contribution in [2.75, 3.05) is 5.73 Å². The molecule has 3 rings (SSSR count). The number of nitrogens with two attached hydrogens (primary N) is 1. The van der Waals surface area contributed by atoms with Crippen LogP contribution in [0.5, 0.6) is 5.88 Å². The van der Waals surface area contributed by atoms with Gasteiger partial charge in [0, 0.05) is 13.0 Å². The van der Waals surface area contributed by atoms with Crippen LogP contribution in [-0.4, -0.2) is 25.9 Å². The summed E-state index contributed by atoms with van der Waals surface area (Å²) in [5, 5.41) is 8.21. The van der Waals surface area contributed by atoms with Crippen LogP contribution in [0, 0.1) is 0 Å². The van der Waals surface area contributed by atoms with Gasteiger partial charge in [0.1, 0.15) is 16.9 Å². The molecule has 25 heavy (non-hydrogen) atoms. The highest BCUT2D eigenvalue weighted by atomic mass is 16.5. The predicted octanol–water partition coefficient (Wildman–Crippen LogP) is 3.59. The molecule has 0 amide bonds. The lowest BCUT2D eigenvalue weighted by atomic mass is 10.2. The summed E-state index contributed by atoms with van der Waals surface area (Å²) in [6.45, 7) is 6.82. The molecule has 0 radical (unpaired) electrons. The molecule has 0 aliphatic heterocycles. The van der Waals surface area contributed by atoms with Crippen molar-refractivity contribution >= 4 is 16.9 Å². The SMILES string of the molecule is CCCCc1nc2c(N)nnc(OC(C)C)c2n1Cc1ccccc1. The maximum Gasteiger partial charge on any atom is 0.260 e. The zero-order valence-electron chi connectivity index (χ0n) is 15.1. The lowest BCUT2D eigenvalue weighted by molar-refractivity contribution is 0.232. The van der Waals surface area contributed by atoms with E-state index in [2.05, 4.69) is 33.8 Å². The molecule has 0 bridgehead atoms. The average molecular weight is 339 g/mol. The molecule has 0 fully saturated rings. The summed E-state index contributed by atoms with van der Waals surface area (Å²) in [4.78, 5) is 4.77. The molecule has 0 saturated heterocycles. The zero-order valence-corrected chi connectivity index (χ0v) is 15.1. The highest BCUT2D eigenvalue weighted by Gasteiger charge is 2.20. The Hall–Kier alpha value is -2.63. The van der Waals surface area contributed by atoms with E-state index in [1.165, 1.54) is 5.56 Å². The molecular formula is C19H25N5O. The summed E-state index contributed by atoms with van der Waals surface area (Å²) in [6, 6.07) is 10.3. The van der Waals surface area contributed by atoms with Gasteiger partial charge >= 0.3 is 0 Å². The fourth-order valence-corrected chi connectivity index (χ4v) is 2.85. The van der Waals surface area contributed by atoms with Gasteiger partial charge in [0.15, 0.2) is 5.82 Å². The van der Waals surface area contributed by atoms with Gasteiger partial charge in [-0.05, 0) is 25.8 Å². The van der Waals surface area contributed by atoms with Crippen LogP contribution in [0.2, 0.25) is 0 Å². The largest absolute Gasteiger partial charge is 0.472 e. The second-order valence-electron chi connectivity index (χ2n) is 6.46. The third-order valence-electron chi connectivity index (χ3n) is 4.03. The van der Waals surface area contributed by atoms with Gasteiger partial charge in [-0.3, -0.25) is 0 Å². The van der Waals surface area contributed by atoms with Gasteiger partial charge in [-0.2, -0.15) is 0 Å². The van der Waals surface area contributed by atoms with Gasteiger partial charge in [0.05, 0.1) is 6.10 Å². The monoisotopic (exact) mass is 339 g/mol. The Morgan fingerprint density at radius 2 is 1.92 bits per heavy atom. The molecule has 0 aliphatic carbocycles. The zero-order chi connectivity index (χ0) is 17.8. The van der Waals surface area contributed by atoms with E-state index in [9.17, 15) is 0 Å². The normalized spacial score (nSPS) is 11.4. The van der Waals surface area contributed by atoms with Crippen LogP contribution < -0.4 is 10.5 Å². The van der Waals surface area contributed by atoms with E-state index < -0.39 is 0 Å².